The molecule has 6 heteroatoms. The molecule has 1 N–H and O–H groups in total. The first-order chi connectivity index (χ1) is 12.6. The van der Waals surface area contributed by atoms with Crippen LogP contribution in [-0.2, 0) is 14.3 Å². The van der Waals surface area contributed by atoms with Crippen molar-refractivity contribution in [3.05, 3.63) is 70.6 Å². The van der Waals surface area contributed by atoms with Crippen molar-refractivity contribution in [3.8, 4) is 11.3 Å². The molecule has 0 bridgehead atoms. The van der Waals surface area contributed by atoms with Gasteiger partial charge in [0, 0.05) is 16.6 Å². The Bertz CT molecular complexity index is 954. The summed E-state index contributed by atoms with van der Waals surface area (Å²) in [4.78, 5) is 29.1. The van der Waals surface area contributed by atoms with E-state index >= 15 is 0 Å². The Morgan fingerprint density at radius 1 is 1.23 bits per heavy atom. The standard InChI is InChI=1S/C20H16N2O3S/c1-12-21-17(11-26-12)13-6-8-15(9-7-13)22-19(23)16-10-14-4-2-3-5-18(14)25-20(16)24/h2-11,16,18H,1H3,(H,22,23)/t16-,18-/m0/s1. The molecule has 0 saturated carbocycles. The monoisotopic (exact) mass is 364 g/mol. The predicted octanol–water partition coefficient (Wildman–Crippen LogP) is 3.65. The molecule has 0 radical (unpaired) electrons. The van der Waals surface area contributed by atoms with Gasteiger partial charge in [0.25, 0.3) is 0 Å². The van der Waals surface area contributed by atoms with E-state index in [0.717, 1.165) is 21.8 Å². The van der Waals surface area contributed by atoms with Crippen molar-refractivity contribution in [1.29, 1.82) is 0 Å². The van der Waals surface area contributed by atoms with Gasteiger partial charge in [0.15, 0.2) is 5.92 Å². The van der Waals surface area contributed by atoms with Crippen molar-refractivity contribution < 1.29 is 14.3 Å². The van der Waals surface area contributed by atoms with E-state index in [-0.39, 0.29) is 0 Å². The van der Waals surface area contributed by atoms with Gasteiger partial charge in [-0.3, -0.25) is 9.59 Å². The van der Waals surface area contributed by atoms with Crippen LogP contribution in [0.5, 0.6) is 0 Å². The first-order valence-corrected chi connectivity index (χ1v) is 9.08. The Hall–Kier alpha value is -2.99. The third-order valence-corrected chi connectivity index (χ3v) is 4.99. The molecule has 1 aliphatic heterocycles. The van der Waals surface area contributed by atoms with Gasteiger partial charge in [-0.15, -0.1) is 11.3 Å². The van der Waals surface area contributed by atoms with Gasteiger partial charge in [-0.2, -0.15) is 0 Å². The molecule has 1 aromatic heterocycles. The summed E-state index contributed by atoms with van der Waals surface area (Å²) in [5.74, 6) is -1.88. The highest BCUT2D eigenvalue weighted by molar-refractivity contribution is 7.09. The topological polar surface area (TPSA) is 68.3 Å². The maximum absolute atomic E-state index is 12.5. The summed E-state index contributed by atoms with van der Waals surface area (Å²) in [5, 5.41) is 5.78. The Morgan fingerprint density at radius 2 is 2.04 bits per heavy atom. The number of rotatable bonds is 3. The molecule has 1 aliphatic carbocycles. The molecule has 2 aliphatic rings. The number of hydrogen-bond donors (Lipinski definition) is 1. The minimum Gasteiger partial charge on any atom is -0.452 e. The third kappa shape index (κ3) is 3.23. The van der Waals surface area contributed by atoms with E-state index in [9.17, 15) is 9.59 Å². The van der Waals surface area contributed by atoms with Gasteiger partial charge < -0.3 is 10.1 Å². The van der Waals surface area contributed by atoms with Crippen LogP contribution >= 0.6 is 11.3 Å². The Labute approximate surface area is 154 Å². The molecule has 1 amide bonds. The predicted molar refractivity (Wildman–Crippen MR) is 101 cm³/mol. The number of hydrogen-bond acceptors (Lipinski definition) is 5. The number of ether oxygens (including phenoxy) is 1. The zero-order chi connectivity index (χ0) is 18.1. The zero-order valence-corrected chi connectivity index (χ0v) is 14.8. The summed E-state index contributed by atoms with van der Waals surface area (Å²) >= 11 is 1.59. The average Bonchev–Trinajstić information content (AvgIpc) is 3.08. The number of nitrogens with one attached hydrogen (secondary N) is 1. The number of carbonyl (C=O) groups excluding carboxylic acids is 2. The van der Waals surface area contributed by atoms with Gasteiger partial charge in [0.1, 0.15) is 6.10 Å². The van der Waals surface area contributed by atoms with Crippen molar-refractivity contribution in [2.24, 2.45) is 5.92 Å². The van der Waals surface area contributed by atoms with Crippen LogP contribution in [0, 0.1) is 12.8 Å². The van der Waals surface area contributed by atoms with Crippen LogP contribution in [0.25, 0.3) is 11.3 Å². The van der Waals surface area contributed by atoms with Crippen molar-refractivity contribution >= 4 is 28.9 Å². The van der Waals surface area contributed by atoms with E-state index in [1.54, 1.807) is 35.6 Å². The van der Waals surface area contributed by atoms with Crippen LogP contribution < -0.4 is 5.32 Å². The molecular formula is C20H16N2O3S. The van der Waals surface area contributed by atoms with E-state index < -0.39 is 23.9 Å². The van der Waals surface area contributed by atoms with Gasteiger partial charge >= 0.3 is 5.97 Å². The second-order valence-corrected chi connectivity index (χ2v) is 7.13. The van der Waals surface area contributed by atoms with E-state index in [1.807, 2.05) is 42.7 Å². The van der Waals surface area contributed by atoms with Crippen LogP contribution in [0.1, 0.15) is 5.01 Å². The molecule has 2 atom stereocenters. The number of fused-ring (bicyclic) bond motifs is 1. The molecule has 0 saturated heterocycles. The number of aromatic nitrogens is 1. The fraction of sp³-hybridized carbons (Fsp3) is 0.150. The highest BCUT2D eigenvalue weighted by Gasteiger charge is 2.34. The van der Waals surface area contributed by atoms with Crippen LogP contribution in [0.2, 0.25) is 0 Å². The molecule has 2 heterocycles. The quantitative estimate of drug-likeness (QED) is 0.667. The second kappa shape index (κ2) is 6.72. The van der Waals surface area contributed by atoms with Gasteiger partial charge in [0.2, 0.25) is 5.91 Å². The minimum atomic E-state index is -0.946. The molecule has 1 aromatic carbocycles. The van der Waals surface area contributed by atoms with Gasteiger partial charge in [-0.25, -0.2) is 4.98 Å². The number of thiazole rings is 1. The number of benzene rings is 1. The molecule has 0 spiro atoms. The lowest BCUT2D eigenvalue weighted by Crippen LogP contribution is -2.36. The Kier molecular flexibility index (Phi) is 4.26. The SMILES string of the molecule is Cc1nc(-c2ccc(NC(=O)[C@@H]3C=C4C=CC=C[C@@H]4OC3=O)cc2)cs1. The molecule has 130 valence electrons. The molecule has 26 heavy (non-hydrogen) atoms. The largest absolute Gasteiger partial charge is 0.452 e. The normalized spacial score (nSPS) is 21.0. The van der Waals surface area contributed by atoms with E-state index in [4.69, 9.17) is 4.74 Å². The number of esters is 1. The molecular weight excluding hydrogens is 348 g/mol. The lowest BCUT2D eigenvalue weighted by Gasteiger charge is -2.26. The number of anilines is 1. The summed E-state index contributed by atoms with van der Waals surface area (Å²) < 4.78 is 5.33. The van der Waals surface area contributed by atoms with Crippen LogP contribution in [0.15, 0.2) is 65.6 Å². The molecule has 4 rings (SSSR count). The van der Waals surface area contributed by atoms with Crippen LogP contribution in [-0.4, -0.2) is 23.0 Å². The van der Waals surface area contributed by atoms with Crippen molar-refractivity contribution in [1.82, 2.24) is 4.98 Å². The van der Waals surface area contributed by atoms with E-state index in [1.165, 1.54) is 0 Å². The van der Waals surface area contributed by atoms with Crippen LogP contribution in [0.3, 0.4) is 0 Å². The summed E-state index contributed by atoms with van der Waals surface area (Å²) in [6.07, 6.45) is 8.59. The highest BCUT2D eigenvalue weighted by atomic mass is 32.1. The third-order valence-electron chi connectivity index (χ3n) is 4.22. The maximum Gasteiger partial charge on any atom is 0.323 e. The lowest BCUT2D eigenvalue weighted by atomic mass is 9.95. The summed E-state index contributed by atoms with van der Waals surface area (Å²) in [6.45, 7) is 1.96. The molecule has 5 nitrogen and oxygen atoms in total. The number of nitrogens with zero attached hydrogens (tertiary/aromatic N) is 1. The van der Waals surface area contributed by atoms with Gasteiger partial charge in [-0.1, -0.05) is 36.4 Å². The summed E-state index contributed by atoms with van der Waals surface area (Å²) in [6, 6.07) is 7.39. The Balaban J connectivity index is 1.48. The second-order valence-electron chi connectivity index (χ2n) is 6.06. The van der Waals surface area contributed by atoms with Crippen LogP contribution in [0.4, 0.5) is 5.69 Å². The Morgan fingerprint density at radius 3 is 2.77 bits per heavy atom. The van der Waals surface area contributed by atoms with Crippen molar-refractivity contribution in [2.75, 3.05) is 5.32 Å². The highest BCUT2D eigenvalue weighted by Crippen LogP contribution is 2.26. The minimum absolute atomic E-state index is 0.391. The molecule has 0 unspecified atom stereocenters. The smallest absolute Gasteiger partial charge is 0.323 e. The average molecular weight is 364 g/mol. The van der Waals surface area contributed by atoms with Gasteiger partial charge in [-0.05, 0) is 30.7 Å². The summed E-state index contributed by atoms with van der Waals surface area (Å²) in [5.41, 5.74) is 3.34. The first kappa shape index (κ1) is 16.5. The van der Waals surface area contributed by atoms with E-state index in [2.05, 4.69) is 10.3 Å². The van der Waals surface area contributed by atoms with Crippen molar-refractivity contribution in [2.45, 2.75) is 13.0 Å². The maximum atomic E-state index is 12.5. The number of allylic oxidation sites excluding steroid dienone is 2. The number of amides is 1. The zero-order valence-electron chi connectivity index (χ0n) is 14.0. The lowest BCUT2D eigenvalue weighted by molar-refractivity contribution is -0.152. The molecule has 2 aromatic rings. The summed E-state index contributed by atoms with van der Waals surface area (Å²) in [7, 11) is 0. The van der Waals surface area contributed by atoms with Gasteiger partial charge in [0.05, 0.1) is 10.7 Å². The first-order valence-electron chi connectivity index (χ1n) is 8.21. The van der Waals surface area contributed by atoms with E-state index in [0.29, 0.717) is 5.69 Å². The van der Waals surface area contributed by atoms with Crippen molar-refractivity contribution in [3.63, 3.8) is 0 Å². The fourth-order valence-electron chi connectivity index (χ4n) is 2.88. The fourth-order valence-corrected chi connectivity index (χ4v) is 3.50. The number of carbonyl (C=O) groups is 2. The number of aryl methyl sites for hydroxylation is 1. The molecule has 0 fully saturated rings.